The minimum Gasteiger partial charge on any atom is -0.341 e. The van der Waals surface area contributed by atoms with Crippen LogP contribution in [0, 0.1) is 0 Å². The molecule has 0 radical (unpaired) electrons. The van der Waals surface area contributed by atoms with Gasteiger partial charge in [0, 0.05) is 13.1 Å². The first kappa shape index (κ1) is 12.4. The fourth-order valence-corrected chi connectivity index (χ4v) is 2.10. The monoisotopic (exact) mass is 244 g/mol. The molecule has 0 unspecified atom stereocenters. The third-order valence-electron chi connectivity index (χ3n) is 3.07. The number of amides is 2. The van der Waals surface area contributed by atoms with E-state index in [9.17, 15) is 9.59 Å². The van der Waals surface area contributed by atoms with Crippen LogP contribution in [0.25, 0.3) is 0 Å². The van der Waals surface area contributed by atoms with E-state index in [1.807, 2.05) is 24.3 Å². The molecule has 2 amide bonds. The van der Waals surface area contributed by atoms with Gasteiger partial charge in [0.25, 0.3) is 0 Å². The van der Waals surface area contributed by atoms with Crippen molar-refractivity contribution in [2.45, 2.75) is 26.1 Å². The van der Waals surface area contributed by atoms with Gasteiger partial charge in [-0.1, -0.05) is 30.8 Å². The van der Waals surface area contributed by atoms with Gasteiger partial charge in [-0.2, -0.15) is 0 Å². The summed E-state index contributed by atoms with van der Waals surface area (Å²) in [5.41, 5.74) is 2.35. The molecule has 1 heterocycles. The molecule has 18 heavy (non-hydrogen) atoms. The summed E-state index contributed by atoms with van der Waals surface area (Å²) >= 11 is 0. The second kappa shape index (κ2) is 5.04. The highest BCUT2D eigenvalue weighted by Crippen LogP contribution is 2.22. The Bertz CT molecular complexity index is 471. The summed E-state index contributed by atoms with van der Waals surface area (Å²) in [4.78, 5) is 25.1. The van der Waals surface area contributed by atoms with Gasteiger partial charge in [0.05, 0.1) is 0 Å². The minimum atomic E-state index is -0.523. The Hall–Kier alpha value is -2.10. The number of hydrogen-bond donors (Lipinski definition) is 1. The Morgan fingerprint density at radius 2 is 1.89 bits per heavy atom. The van der Waals surface area contributed by atoms with E-state index in [1.54, 1.807) is 11.8 Å². The topological polar surface area (TPSA) is 49.4 Å². The molecule has 0 saturated heterocycles. The number of nitrogens with zero attached hydrogens (tertiary/aromatic N) is 1. The van der Waals surface area contributed by atoms with E-state index < -0.39 is 6.04 Å². The first-order valence-electron chi connectivity index (χ1n) is 5.90. The standard InChI is InChI=1S/C14H16N2O2/c1-3-13(17)15-10(2)14(18)16-8-11-6-4-5-7-12(11)9-16/h3-7,10H,1,8-9H2,2H3,(H,15,17)/t10-/m1/s1. The molecular formula is C14H16N2O2. The summed E-state index contributed by atoms with van der Waals surface area (Å²) in [7, 11) is 0. The second-order valence-electron chi connectivity index (χ2n) is 4.40. The third kappa shape index (κ3) is 2.42. The normalized spacial score (nSPS) is 14.8. The van der Waals surface area contributed by atoms with Crippen molar-refractivity contribution in [3.05, 3.63) is 48.0 Å². The molecule has 4 nitrogen and oxygen atoms in total. The van der Waals surface area contributed by atoms with Crippen LogP contribution in [0.15, 0.2) is 36.9 Å². The lowest BCUT2D eigenvalue weighted by molar-refractivity contribution is -0.135. The van der Waals surface area contributed by atoms with Crippen molar-refractivity contribution < 1.29 is 9.59 Å². The Labute approximate surface area is 106 Å². The van der Waals surface area contributed by atoms with Crippen LogP contribution in [-0.4, -0.2) is 22.8 Å². The smallest absolute Gasteiger partial charge is 0.245 e. The van der Waals surface area contributed by atoms with Crippen molar-refractivity contribution in [1.82, 2.24) is 10.2 Å². The average Bonchev–Trinajstić information content (AvgIpc) is 2.81. The zero-order valence-corrected chi connectivity index (χ0v) is 10.3. The van der Waals surface area contributed by atoms with Gasteiger partial charge >= 0.3 is 0 Å². The molecule has 1 N–H and O–H groups in total. The van der Waals surface area contributed by atoms with Gasteiger partial charge in [-0.3, -0.25) is 9.59 Å². The van der Waals surface area contributed by atoms with Crippen LogP contribution in [0.5, 0.6) is 0 Å². The molecule has 0 aliphatic carbocycles. The number of benzene rings is 1. The summed E-state index contributed by atoms with van der Waals surface area (Å²) in [6.45, 7) is 6.28. The van der Waals surface area contributed by atoms with Crippen LogP contribution in [0.2, 0.25) is 0 Å². The Balaban J connectivity index is 2.00. The van der Waals surface area contributed by atoms with Crippen LogP contribution in [0.4, 0.5) is 0 Å². The van der Waals surface area contributed by atoms with Crippen LogP contribution in [0.3, 0.4) is 0 Å². The highest BCUT2D eigenvalue weighted by molar-refractivity contribution is 5.92. The highest BCUT2D eigenvalue weighted by atomic mass is 16.2. The molecule has 0 fully saturated rings. The first-order chi connectivity index (χ1) is 8.61. The minimum absolute atomic E-state index is 0.0681. The van der Waals surface area contributed by atoms with Gasteiger partial charge in [-0.15, -0.1) is 0 Å². The maximum absolute atomic E-state index is 12.1. The van der Waals surface area contributed by atoms with E-state index in [0.29, 0.717) is 13.1 Å². The van der Waals surface area contributed by atoms with Crippen LogP contribution in [-0.2, 0) is 22.7 Å². The van der Waals surface area contributed by atoms with E-state index in [2.05, 4.69) is 11.9 Å². The molecule has 0 bridgehead atoms. The van der Waals surface area contributed by atoms with Gasteiger partial charge < -0.3 is 10.2 Å². The summed E-state index contributed by atoms with van der Waals surface area (Å²) < 4.78 is 0. The third-order valence-corrected chi connectivity index (χ3v) is 3.07. The number of hydrogen-bond acceptors (Lipinski definition) is 2. The lowest BCUT2D eigenvalue weighted by Crippen LogP contribution is -2.44. The van der Waals surface area contributed by atoms with Gasteiger partial charge in [0.2, 0.25) is 11.8 Å². The predicted molar refractivity (Wildman–Crippen MR) is 68.5 cm³/mol. The molecule has 2 rings (SSSR count). The van der Waals surface area contributed by atoms with Gasteiger partial charge in [-0.05, 0) is 24.1 Å². The average molecular weight is 244 g/mol. The number of nitrogens with one attached hydrogen (secondary N) is 1. The van der Waals surface area contributed by atoms with Gasteiger partial charge in [0.15, 0.2) is 0 Å². The Kier molecular flexibility index (Phi) is 3.46. The highest BCUT2D eigenvalue weighted by Gasteiger charge is 2.26. The molecule has 1 aliphatic heterocycles. The summed E-state index contributed by atoms with van der Waals surface area (Å²) in [5, 5.41) is 2.58. The molecule has 1 atom stereocenters. The second-order valence-corrected chi connectivity index (χ2v) is 4.40. The quantitative estimate of drug-likeness (QED) is 0.813. The molecule has 1 aromatic rings. The number of carbonyl (C=O) groups is 2. The maximum atomic E-state index is 12.1. The predicted octanol–water partition coefficient (Wildman–Crippen LogP) is 1.22. The summed E-state index contributed by atoms with van der Waals surface area (Å²) in [6, 6.07) is 7.46. The van der Waals surface area contributed by atoms with E-state index in [4.69, 9.17) is 0 Å². The molecule has 4 heteroatoms. The lowest BCUT2D eigenvalue weighted by atomic mass is 10.1. The van der Waals surface area contributed by atoms with Gasteiger partial charge in [0.1, 0.15) is 6.04 Å². The van der Waals surface area contributed by atoms with Crippen molar-refractivity contribution in [2.75, 3.05) is 0 Å². The van der Waals surface area contributed by atoms with Crippen molar-refractivity contribution in [3.63, 3.8) is 0 Å². The van der Waals surface area contributed by atoms with E-state index in [0.717, 1.165) is 0 Å². The maximum Gasteiger partial charge on any atom is 0.245 e. The molecule has 0 saturated carbocycles. The number of carbonyl (C=O) groups excluding carboxylic acids is 2. The molecule has 0 aromatic heterocycles. The van der Waals surface area contributed by atoms with Crippen LogP contribution in [0.1, 0.15) is 18.1 Å². The first-order valence-corrected chi connectivity index (χ1v) is 5.90. The van der Waals surface area contributed by atoms with Crippen LogP contribution >= 0.6 is 0 Å². The number of rotatable bonds is 3. The fraction of sp³-hybridized carbons (Fsp3) is 0.286. The van der Waals surface area contributed by atoms with E-state index in [-0.39, 0.29) is 11.8 Å². The SMILES string of the molecule is C=CC(=O)N[C@H](C)C(=O)N1Cc2ccccc2C1. The zero-order chi connectivity index (χ0) is 13.1. The molecule has 1 aromatic carbocycles. The van der Waals surface area contributed by atoms with Crippen molar-refractivity contribution in [2.24, 2.45) is 0 Å². The zero-order valence-electron chi connectivity index (χ0n) is 10.3. The number of fused-ring (bicyclic) bond motifs is 1. The van der Waals surface area contributed by atoms with Gasteiger partial charge in [-0.25, -0.2) is 0 Å². The molecule has 94 valence electrons. The van der Waals surface area contributed by atoms with Crippen molar-refractivity contribution >= 4 is 11.8 Å². The molecular weight excluding hydrogens is 228 g/mol. The summed E-state index contributed by atoms with van der Waals surface area (Å²) in [5.74, 6) is -0.394. The van der Waals surface area contributed by atoms with Crippen LogP contribution < -0.4 is 5.32 Å². The summed E-state index contributed by atoms with van der Waals surface area (Å²) in [6.07, 6.45) is 1.17. The largest absolute Gasteiger partial charge is 0.341 e. The van der Waals surface area contributed by atoms with Crippen molar-refractivity contribution in [1.29, 1.82) is 0 Å². The fourth-order valence-electron chi connectivity index (χ4n) is 2.10. The lowest BCUT2D eigenvalue weighted by Gasteiger charge is -2.20. The van der Waals surface area contributed by atoms with E-state index >= 15 is 0 Å². The Morgan fingerprint density at radius 3 is 2.39 bits per heavy atom. The van der Waals surface area contributed by atoms with Crippen molar-refractivity contribution in [3.8, 4) is 0 Å². The Morgan fingerprint density at radius 1 is 1.33 bits per heavy atom. The van der Waals surface area contributed by atoms with E-state index in [1.165, 1.54) is 17.2 Å². The molecule has 0 spiro atoms. The molecule has 1 aliphatic rings.